The minimum Gasteiger partial charge on any atom is -0.384 e. The zero-order chi connectivity index (χ0) is 14.6. The van der Waals surface area contributed by atoms with Gasteiger partial charge in [0.2, 0.25) is 0 Å². The van der Waals surface area contributed by atoms with Gasteiger partial charge in [0, 0.05) is 32.5 Å². The average Bonchev–Trinajstić information content (AvgIpc) is 2.46. The van der Waals surface area contributed by atoms with Crippen LogP contribution in [0, 0.1) is 0 Å². The Morgan fingerprint density at radius 1 is 1.15 bits per heavy atom. The van der Waals surface area contributed by atoms with Gasteiger partial charge in [-0.25, -0.2) is 0 Å². The van der Waals surface area contributed by atoms with E-state index in [1.807, 2.05) is 12.3 Å². The number of methoxy groups -OCH3 is 1. The minimum atomic E-state index is 0.0205. The Morgan fingerprint density at radius 3 is 2.65 bits per heavy atom. The van der Waals surface area contributed by atoms with E-state index in [4.69, 9.17) is 4.74 Å². The molecule has 1 N–H and O–H groups in total. The van der Waals surface area contributed by atoms with Crippen molar-refractivity contribution >= 4 is 5.69 Å². The zero-order valence-electron chi connectivity index (χ0n) is 12.9. The number of hydrogen-bond donors (Lipinski definition) is 1. The second-order valence-corrected chi connectivity index (χ2v) is 5.14. The molecule has 0 aliphatic rings. The Labute approximate surface area is 122 Å². The van der Waals surface area contributed by atoms with Crippen LogP contribution in [0.1, 0.15) is 45.4 Å². The first kappa shape index (κ1) is 16.8. The number of nitrogens with zero attached hydrogens (tertiary/aromatic N) is 1. The van der Waals surface area contributed by atoms with Crippen LogP contribution in [-0.4, -0.2) is 24.8 Å². The number of aromatic nitrogens is 1. The first-order valence-electron chi connectivity index (χ1n) is 7.71. The van der Waals surface area contributed by atoms with Gasteiger partial charge in [-0.05, 0) is 12.5 Å². The van der Waals surface area contributed by atoms with Crippen LogP contribution in [-0.2, 0) is 11.3 Å². The van der Waals surface area contributed by atoms with Crippen LogP contribution in [0.15, 0.2) is 23.1 Å². The van der Waals surface area contributed by atoms with E-state index in [-0.39, 0.29) is 5.56 Å². The Morgan fingerprint density at radius 2 is 1.90 bits per heavy atom. The minimum absolute atomic E-state index is 0.0205. The maximum absolute atomic E-state index is 11.6. The first-order chi connectivity index (χ1) is 9.77. The van der Waals surface area contributed by atoms with Crippen molar-refractivity contribution in [1.29, 1.82) is 0 Å². The lowest BCUT2D eigenvalue weighted by molar-refractivity contribution is 0.186. The molecular formula is C16H28N2O2. The molecule has 0 spiro atoms. The third-order valence-electron chi connectivity index (χ3n) is 3.38. The Kier molecular flexibility index (Phi) is 8.79. The van der Waals surface area contributed by atoms with Gasteiger partial charge in [-0.15, -0.1) is 0 Å². The van der Waals surface area contributed by atoms with E-state index in [2.05, 4.69) is 12.2 Å². The van der Waals surface area contributed by atoms with Gasteiger partial charge in [0.15, 0.2) is 0 Å². The number of pyridine rings is 1. The highest BCUT2D eigenvalue weighted by molar-refractivity contribution is 5.40. The Balaban J connectivity index is 2.27. The summed E-state index contributed by atoms with van der Waals surface area (Å²) >= 11 is 0. The van der Waals surface area contributed by atoms with E-state index in [9.17, 15) is 4.79 Å². The molecule has 0 aliphatic carbocycles. The molecule has 114 valence electrons. The van der Waals surface area contributed by atoms with Crippen molar-refractivity contribution in [2.75, 3.05) is 25.6 Å². The topological polar surface area (TPSA) is 43.3 Å². The van der Waals surface area contributed by atoms with Gasteiger partial charge >= 0.3 is 0 Å². The lowest BCUT2D eigenvalue weighted by Crippen LogP contribution is -2.21. The van der Waals surface area contributed by atoms with Crippen LogP contribution in [0.2, 0.25) is 0 Å². The number of ether oxygens (including phenoxy) is 1. The molecule has 0 saturated carbocycles. The van der Waals surface area contributed by atoms with E-state index in [0.717, 1.165) is 12.2 Å². The SMILES string of the molecule is CCCCCCCCNc1ccc(=O)n(CCOC)c1. The summed E-state index contributed by atoms with van der Waals surface area (Å²) in [6.07, 6.45) is 9.63. The van der Waals surface area contributed by atoms with Crippen LogP contribution < -0.4 is 10.9 Å². The maximum atomic E-state index is 11.6. The van der Waals surface area contributed by atoms with Crippen LogP contribution in [0.25, 0.3) is 0 Å². The Hall–Kier alpha value is -1.29. The van der Waals surface area contributed by atoms with Gasteiger partial charge in [-0.2, -0.15) is 0 Å². The second-order valence-electron chi connectivity index (χ2n) is 5.14. The summed E-state index contributed by atoms with van der Waals surface area (Å²) in [6, 6.07) is 3.46. The zero-order valence-corrected chi connectivity index (χ0v) is 12.9. The van der Waals surface area contributed by atoms with Crippen LogP contribution >= 0.6 is 0 Å². The van der Waals surface area contributed by atoms with Crippen molar-refractivity contribution in [3.05, 3.63) is 28.7 Å². The van der Waals surface area contributed by atoms with Gasteiger partial charge in [0.25, 0.3) is 5.56 Å². The molecule has 0 aromatic carbocycles. The fraction of sp³-hybridized carbons (Fsp3) is 0.688. The normalized spacial score (nSPS) is 10.7. The van der Waals surface area contributed by atoms with Crippen molar-refractivity contribution in [2.45, 2.75) is 52.0 Å². The molecule has 1 aromatic rings. The van der Waals surface area contributed by atoms with Crippen LogP contribution in [0.4, 0.5) is 5.69 Å². The fourth-order valence-electron chi connectivity index (χ4n) is 2.14. The summed E-state index contributed by atoms with van der Waals surface area (Å²) in [7, 11) is 1.64. The molecule has 0 saturated heterocycles. The summed E-state index contributed by atoms with van der Waals surface area (Å²) in [6.45, 7) is 4.36. The summed E-state index contributed by atoms with van der Waals surface area (Å²) in [5, 5.41) is 3.38. The lowest BCUT2D eigenvalue weighted by Gasteiger charge is -2.10. The molecule has 0 bridgehead atoms. The van der Waals surface area contributed by atoms with Crippen molar-refractivity contribution in [3.8, 4) is 0 Å². The molecule has 4 heteroatoms. The van der Waals surface area contributed by atoms with E-state index in [1.54, 1.807) is 17.7 Å². The number of anilines is 1. The quantitative estimate of drug-likeness (QED) is 0.633. The average molecular weight is 280 g/mol. The second kappa shape index (κ2) is 10.5. The molecule has 1 rings (SSSR count). The number of nitrogens with one attached hydrogen (secondary N) is 1. The largest absolute Gasteiger partial charge is 0.384 e. The first-order valence-corrected chi connectivity index (χ1v) is 7.71. The van der Waals surface area contributed by atoms with E-state index < -0.39 is 0 Å². The highest BCUT2D eigenvalue weighted by atomic mass is 16.5. The van der Waals surface area contributed by atoms with Gasteiger partial charge in [-0.3, -0.25) is 4.79 Å². The number of hydrogen-bond acceptors (Lipinski definition) is 3. The van der Waals surface area contributed by atoms with Crippen LogP contribution in [0.3, 0.4) is 0 Å². The molecule has 0 amide bonds. The van der Waals surface area contributed by atoms with Gasteiger partial charge in [0.1, 0.15) is 0 Å². The van der Waals surface area contributed by atoms with Crippen molar-refractivity contribution in [2.24, 2.45) is 0 Å². The smallest absolute Gasteiger partial charge is 0.250 e. The molecule has 0 fully saturated rings. The van der Waals surface area contributed by atoms with E-state index >= 15 is 0 Å². The van der Waals surface area contributed by atoms with Crippen LogP contribution in [0.5, 0.6) is 0 Å². The molecule has 1 heterocycles. The number of rotatable bonds is 11. The molecule has 0 radical (unpaired) electrons. The summed E-state index contributed by atoms with van der Waals surface area (Å²) in [4.78, 5) is 11.6. The summed E-state index contributed by atoms with van der Waals surface area (Å²) < 4.78 is 6.69. The van der Waals surface area contributed by atoms with Gasteiger partial charge in [0.05, 0.1) is 12.3 Å². The Bertz CT molecular complexity index is 415. The predicted molar refractivity (Wildman–Crippen MR) is 84.4 cm³/mol. The predicted octanol–water partition coefficient (Wildman–Crippen LogP) is 3.27. The monoisotopic (exact) mass is 280 g/mol. The molecule has 0 aliphatic heterocycles. The standard InChI is InChI=1S/C16H28N2O2/c1-3-4-5-6-7-8-11-17-15-9-10-16(19)18(14-15)12-13-20-2/h9-10,14,17H,3-8,11-13H2,1-2H3. The summed E-state index contributed by atoms with van der Waals surface area (Å²) in [5.41, 5.74) is 1.03. The third-order valence-corrected chi connectivity index (χ3v) is 3.38. The highest BCUT2D eigenvalue weighted by Crippen LogP contribution is 2.07. The molecule has 0 unspecified atom stereocenters. The molecule has 20 heavy (non-hydrogen) atoms. The number of unbranched alkanes of at least 4 members (excludes halogenated alkanes) is 5. The van der Waals surface area contributed by atoms with Crippen molar-refractivity contribution < 1.29 is 4.74 Å². The van der Waals surface area contributed by atoms with Crippen molar-refractivity contribution in [3.63, 3.8) is 0 Å². The van der Waals surface area contributed by atoms with E-state index in [1.165, 1.54) is 38.5 Å². The molecule has 4 nitrogen and oxygen atoms in total. The van der Waals surface area contributed by atoms with E-state index in [0.29, 0.717) is 13.2 Å². The summed E-state index contributed by atoms with van der Waals surface area (Å²) in [5.74, 6) is 0. The molecular weight excluding hydrogens is 252 g/mol. The third kappa shape index (κ3) is 6.75. The van der Waals surface area contributed by atoms with Crippen molar-refractivity contribution in [1.82, 2.24) is 4.57 Å². The maximum Gasteiger partial charge on any atom is 0.250 e. The van der Waals surface area contributed by atoms with Gasteiger partial charge in [-0.1, -0.05) is 39.0 Å². The molecule has 0 atom stereocenters. The lowest BCUT2D eigenvalue weighted by atomic mass is 10.1. The van der Waals surface area contributed by atoms with Gasteiger partial charge < -0.3 is 14.6 Å². The fourth-order valence-corrected chi connectivity index (χ4v) is 2.14. The molecule has 1 aromatic heterocycles. The highest BCUT2D eigenvalue weighted by Gasteiger charge is 1.98.